The number of nitrogens with zero attached hydrogens (tertiary/aromatic N) is 1. The second-order valence-corrected chi connectivity index (χ2v) is 9.01. The van der Waals surface area contributed by atoms with Gasteiger partial charge in [0.15, 0.2) is 6.23 Å². The molecule has 1 fully saturated rings. The maximum atomic E-state index is 13.0. The molecule has 1 aliphatic rings. The van der Waals surface area contributed by atoms with Crippen LogP contribution in [0.25, 0.3) is 17.0 Å². The number of nitrogens with one attached hydrogen (secondary N) is 3. The van der Waals surface area contributed by atoms with Gasteiger partial charge in [-0.05, 0) is 47.5 Å². The molecule has 2 heterocycles. The van der Waals surface area contributed by atoms with Crippen LogP contribution in [0.1, 0.15) is 21.5 Å². The number of fused-ring (bicyclic) bond motifs is 1. The molecule has 7 heteroatoms. The number of H-pyrrole nitrogens is 1. The average Bonchev–Trinajstić information content (AvgIpc) is 3.48. The Morgan fingerprint density at radius 3 is 2.47 bits per heavy atom. The Hall–Kier alpha value is -4.36. The van der Waals surface area contributed by atoms with E-state index in [1.807, 2.05) is 98.0 Å². The SMILES string of the molecule is CN(C)c1ccc(/C=C(\NC(=O)c2ccccc2)C2NC(Cc3c[nH]c4ccccc34)C(=O)O2)cc1. The van der Waals surface area contributed by atoms with E-state index < -0.39 is 12.3 Å². The number of amides is 1. The van der Waals surface area contributed by atoms with Crippen LogP contribution in [0.5, 0.6) is 0 Å². The van der Waals surface area contributed by atoms with Crippen molar-refractivity contribution < 1.29 is 14.3 Å². The van der Waals surface area contributed by atoms with Crippen molar-refractivity contribution in [2.75, 3.05) is 19.0 Å². The molecule has 0 bridgehead atoms. The Labute approximate surface area is 209 Å². The third-order valence-corrected chi connectivity index (χ3v) is 6.28. The van der Waals surface area contributed by atoms with Gasteiger partial charge in [-0.3, -0.25) is 14.9 Å². The molecule has 0 saturated carbocycles. The van der Waals surface area contributed by atoms with Crippen LogP contribution in [-0.4, -0.2) is 43.2 Å². The first kappa shape index (κ1) is 23.4. The smallest absolute Gasteiger partial charge is 0.325 e. The normalized spacial score (nSPS) is 17.7. The van der Waals surface area contributed by atoms with E-state index in [1.54, 1.807) is 12.1 Å². The highest BCUT2D eigenvalue weighted by molar-refractivity contribution is 5.96. The summed E-state index contributed by atoms with van der Waals surface area (Å²) in [6, 6.07) is 24.3. The number of cyclic esters (lactones) is 1. The maximum Gasteiger partial charge on any atom is 0.325 e. The fourth-order valence-electron chi connectivity index (χ4n) is 4.32. The number of esters is 1. The van der Waals surface area contributed by atoms with E-state index in [9.17, 15) is 9.59 Å². The average molecular weight is 481 g/mol. The van der Waals surface area contributed by atoms with Gasteiger partial charge >= 0.3 is 5.97 Å². The summed E-state index contributed by atoms with van der Waals surface area (Å²) in [6.07, 6.45) is 3.44. The summed E-state index contributed by atoms with van der Waals surface area (Å²) < 4.78 is 5.72. The fraction of sp³-hybridized carbons (Fsp3) is 0.172. The molecule has 2 atom stereocenters. The molecule has 1 amide bonds. The van der Waals surface area contributed by atoms with Gasteiger partial charge < -0.3 is 19.9 Å². The lowest BCUT2D eigenvalue weighted by molar-refractivity contribution is -0.141. The number of aromatic amines is 1. The van der Waals surface area contributed by atoms with E-state index in [0.717, 1.165) is 27.7 Å². The van der Waals surface area contributed by atoms with Gasteiger partial charge in [0.05, 0.1) is 5.70 Å². The third kappa shape index (κ3) is 5.01. The number of para-hydroxylation sites is 1. The number of hydrogen-bond acceptors (Lipinski definition) is 5. The van der Waals surface area contributed by atoms with Crippen molar-refractivity contribution in [1.82, 2.24) is 15.6 Å². The number of ether oxygens (including phenoxy) is 1. The summed E-state index contributed by atoms with van der Waals surface area (Å²) in [6.45, 7) is 0. The topological polar surface area (TPSA) is 86.5 Å². The molecule has 1 saturated heterocycles. The van der Waals surface area contributed by atoms with Gasteiger partial charge in [-0.15, -0.1) is 0 Å². The van der Waals surface area contributed by atoms with E-state index in [2.05, 4.69) is 15.6 Å². The Morgan fingerprint density at radius 2 is 1.72 bits per heavy atom. The third-order valence-electron chi connectivity index (χ3n) is 6.28. The number of carbonyl (C=O) groups excluding carboxylic acids is 2. The highest BCUT2D eigenvalue weighted by Gasteiger charge is 2.36. The molecule has 3 aromatic carbocycles. The summed E-state index contributed by atoms with van der Waals surface area (Å²) in [4.78, 5) is 31.1. The molecular formula is C29H28N4O3. The van der Waals surface area contributed by atoms with Crippen LogP contribution in [-0.2, 0) is 16.0 Å². The summed E-state index contributed by atoms with van der Waals surface area (Å²) in [7, 11) is 3.96. The van der Waals surface area contributed by atoms with Gasteiger partial charge in [-0.1, -0.05) is 48.5 Å². The van der Waals surface area contributed by atoms with Gasteiger partial charge in [0, 0.05) is 48.9 Å². The molecule has 182 valence electrons. The second-order valence-electron chi connectivity index (χ2n) is 9.01. The second kappa shape index (κ2) is 10.1. The molecule has 3 N–H and O–H groups in total. The van der Waals surface area contributed by atoms with Crippen LogP contribution in [0.4, 0.5) is 5.69 Å². The molecule has 1 aliphatic heterocycles. The van der Waals surface area contributed by atoms with Crippen LogP contribution in [0, 0.1) is 0 Å². The molecule has 0 radical (unpaired) electrons. The highest BCUT2D eigenvalue weighted by atomic mass is 16.6. The molecule has 2 unspecified atom stereocenters. The largest absolute Gasteiger partial charge is 0.439 e. The van der Waals surface area contributed by atoms with Crippen LogP contribution >= 0.6 is 0 Å². The summed E-state index contributed by atoms with van der Waals surface area (Å²) >= 11 is 0. The van der Waals surface area contributed by atoms with Gasteiger partial charge in [0.25, 0.3) is 5.91 Å². The van der Waals surface area contributed by atoms with Gasteiger partial charge in [-0.2, -0.15) is 0 Å². The monoisotopic (exact) mass is 480 g/mol. The number of rotatable bonds is 7. The molecular weight excluding hydrogens is 452 g/mol. The Balaban J connectivity index is 1.40. The van der Waals surface area contributed by atoms with Gasteiger partial charge in [-0.25, -0.2) is 0 Å². The van der Waals surface area contributed by atoms with E-state index in [-0.39, 0.29) is 11.9 Å². The van der Waals surface area contributed by atoms with Gasteiger partial charge in [0.2, 0.25) is 0 Å². The van der Waals surface area contributed by atoms with E-state index in [0.29, 0.717) is 17.7 Å². The van der Waals surface area contributed by atoms with Crippen molar-refractivity contribution in [3.8, 4) is 0 Å². The lowest BCUT2D eigenvalue weighted by Gasteiger charge is -2.17. The Bertz CT molecular complexity index is 1410. The standard InChI is InChI=1S/C29H28N4O3/c1-33(2)22-14-12-19(13-15-22)16-25(31-27(34)20-8-4-3-5-9-20)28-32-26(29(35)36-28)17-21-18-30-24-11-7-6-10-23(21)24/h3-16,18,26,28,30,32H,17H2,1-2H3,(H,31,34)/b25-16-. The zero-order chi connectivity index (χ0) is 25.1. The van der Waals surface area contributed by atoms with Crippen LogP contribution < -0.4 is 15.5 Å². The number of aromatic nitrogens is 1. The minimum absolute atomic E-state index is 0.273. The predicted molar refractivity (Wildman–Crippen MR) is 141 cm³/mol. The Morgan fingerprint density at radius 1 is 1.00 bits per heavy atom. The number of benzene rings is 3. The number of hydrogen-bond donors (Lipinski definition) is 3. The molecule has 5 rings (SSSR count). The summed E-state index contributed by atoms with van der Waals surface area (Å²) in [5.41, 5.74) is 4.97. The Kier molecular flexibility index (Phi) is 6.56. The summed E-state index contributed by atoms with van der Waals surface area (Å²) in [5, 5.41) is 7.30. The lowest BCUT2D eigenvalue weighted by atomic mass is 10.1. The van der Waals surface area contributed by atoms with E-state index in [1.165, 1.54) is 0 Å². The maximum absolute atomic E-state index is 13.0. The van der Waals surface area contributed by atoms with Crippen LogP contribution in [0.2, 0.25) is 0 Å². The lowest BCUT2D eigenvalue weighted by Crippen LogP contribution is -2.39. The first-order chi connectivity index (χ1) is 17.5. The molecule has 0 aliphatic carbocycles. The van der Waals surface area contributed by atoms with Crippen LogP contribution in [0.3, 0.4) is 0 Å². The minimum Gasteiger partial charge on any atom is -0.439 e. The van der Waals surface area contributed by atoms with Crippen molar-refractivity contribution >= 4 is 34.5 Å². The zero-order valence-electron chi connectivity index (χ0n) is 20.2. The molecule has 36 heavy (non-hydrogen) atoms. The molecule has 4 aromatic rings. The predicted octanol–water partition coefficient (Wildman–Crippen LogP) is 4.09. The van der Waals surface area contributed by atoms with Crippen molar-refractivity contribution in [3.63, 3.8) is 0 Å². The zero-order valence-corrected chi connectivity index (χ0v) is 20.2. The van der Waals surface area contributed by atoms with Crippen LogP contribution in [0.15, 0.2) is 90.8 Å². The molecule has 0 spiro atoms. The van der Waals surface area contributed by atoms with Crippen molar-refractivity contribution in [1.29, 1.82) is 0 Å². The van der Waals surface area contributed by atoms with Crippen molar-refractivity contribution in [3.05, 3.63) is 107 Å². The number of anilines is 1. The fourth-order valence-corrected chi connectivity index (χ4v) is 4.32. The van der Waals surface area contributed by atoms with Crippen molar-refractivity contribution in [2.45, 2.75) is 18.7 Å². The molecule has 7 nitrogen and oxygen atoms in total. The van der Waals surface area contributed by atoms with E-state index >= 15 is 0 Å². The first-order valence-corrected chi connectivity index (χ1v) is 11.8. The quantitative estimate of drug-likeness (QED) is 0.347. The van der Waals surface area contributed by atoms with Gasteiger partial charge in [0.1, 0.15) is 6.04 Å². The molecule has 1 aromatic heterocycles. The first-order valence-electron chi connectivity index (χ1n) is 11.8. The number of carbonyl (C=O) groups is 2. The summed E-state index contributed by atoms with van der Waals surface area (Å²) in [5.74, 6) is -0.627. The van der Waals surface area contributed by atoms with E-state index in [4.69, 9.17) is 4.74 Å². The highest BCUT2D eigenvalue weighted by Crippen LogP contribution is 2.23. The van der Waals surface area contributed by atoms with Crippen molar-refractivity contribution in [2.24, 2.45) is 0 Å². The minimum atomic E-state index is -0.783.